The molecule has 0 aromatic heterocycles. The first-order valence-corrected chi connectivity index (χ1v) is 31.8. The molecule has 0 aromatic rings. The quantitative estimate of drug-likeness (QED) is 0.0212. The van der Waals surface area contributed by atoms with Gasteiger partial charge in [-0.3, -0.25) is 14.2 Å². The second-order valence-corrected chi connectivity index (χ2v) is 22.5. The van der Waals surface area contributed by atoms with Gasteiger partial charge < -0.3 is 28.5 Å². The highest BCUT2D eigenvalue weighted by Crippen LogP contribution is 2.38. The molecular weight excluding hydrogens is 964 g/mol. The summed E-state index contributed by atoms with van der Waals surface area (Å²) < 4.78 is 30.2. The first-order valence-electron chi connectivity index (χ1n) is 30.3. The van der Waals surface area contributed by atoms with Crippen molar-refractivity contribution in [1.82, 2.24) is 5.32 Å². The first-order chi connectivity index (χ1) is 36.9. The number of phosphoric acid groups is 1. The van der Waals surface area contributed by atoms with Crippen molar-refractivity contribution in [2.75, 3.05) is 40.9 Å². The van der Waals surface area contributed by atoms with Crippen LogP contribution in [0.25, 0.3) is 0 Å². The monoisotopic (exact) mass is 1080 g/mol. The lowest BCUT2D eigenvalue weighted by Gasteiger charge is -2.30. The molecule has 3 unspecified atom stereocenters. The number of nitrogens with zero attached hydrogens (tertiary/aromatic N) is 1. The average molecular weight is 1080 g/mol. The van der Waals surface area contributed by atoms with Gasteiger partial charge in [-0.2, -0.15) is 0 Å². The van der Waals surface area contributed by atoms with E-state index >= 15 is 0 Å². The predicted molar refractivity (Wildman–Crippen MR) is 325 cm³/mol. The van der Waals surface area contributed by atoms with E-state index in [0.717, 1.165) is 96.3 Å². The summed E-state index contributed by atoms with van der Waals surface area (Å²) in [7, 11) is 1.11. The number of rotatable bonds is 53. The van der Waals surface area contributed by atoms with Crippen molar-refractivity contribution in [2.45, 2.75) is 245 Å². The summed E-state index contributed by atoms with van der Waals surface area (Å²) in [4.78, 5) is 39.9. The van der Waals surface area contributed by atoms with Crippen LogP contribution in [0.15, 0.2) is 122 Å². The molecule has 0 spiro atoms. The topological polar surface area (TPSA) is 114 Å². The van der Waals surface area contributed by atoms with Crippen LogP contribution in [0, 0.1) is 0 Å². The Labute approximate surface area is 467 Å². The number of esters is 1. The number of ether oxygens (including phenoxy) is 1. The zero-order valence-electron chi connectivity index (χ0n) is 49.4. The van der Waals surface area contributed by atoms with Crippen LogP contribution < -0.4 is 10.2 Å². The van der Waals surface area contributed by atoms with E-state index in [9.17, 15) is 19.0 Å². The van der Waals surface area contributed by atoms with Crippen molar-refractivity contribution >= 4 is 19.7 Å². The summed E-state index contributed by atoms with van der Waals surface area (Å²) in [5.41, 5.74) is 0. The van der Waals surface area contributed by atoms with Crippen LogP contribution in [-0.2, 0) is 27.9 Å². The van der Waals surface area contributed by atoms with Crippen LogP contribution in [0.4, 0.5) is 0 Å². The number of hydrogen-bond acceptors (Lipinski definition) is 7. The van der Waals surface area contributed by atoms with Gasteiger partial charge in [-0.05, 0) is 109 Å². The molecule has 0 aliphatic rings. The van der Waals surface area contributed by atoms with Crippen molar-refractivity contribution < 1.29 is 37.3 Å². The summed E-state index contributed by atoms with van der Waals surface area (Å²) in [5.74, 6) is -0.659. The third kappa shape index (κ3) is 55.2. The molecular formula is C66H113N2O7P. The number of likely N-dealkylation sites (N-methyl/N-ethyl adjacent to an activating group) is 1. The van der Waals surface area contributed by atoms with Crippen molar-refractivity contribution in [3.05, 3.63) is 122 Å². The molecule has 9 nitrogen and oxygen atoms in total. The number of carbonyl (C=O) groups is 2. The molecule has 434 valence electrons. The maximum Gasteiger partial charge on any atom is 0.306 e. The fraction of sp³-hybridized carbons (Fsp3) is 0.667. The molecule has 0 saturated carbocycles. The van der Waals surface area contributed by atoms with E-state index in [-0.39, 0.29) is 31.3 Å². The van der Waals surface area contributed by atoms with Gasteiger partial charge in [0.1, 0.15) is 19.3 Å². The number of nitrogens with one attached hydrogen (secondary N) is 1. The van der Waals surface area contributed by atoms with Gasteiger partial charge in [0.05, 0.1) is 33.8 Å². The molecule has 1 amide bonds. The molecule has 0 heterocycles. The van der Waals surface area contributed by atoms with E-state index < -0.39 is 26.6 Å². The molecule has 1 N–H and O–H groups in total. The van der Waals surface area contributed by atoms with E-state index in [0.29, 0.717) is 23.9 Å². The molecule has 0 fully saturated rings. The van der Waals surface area contributed by atoms with Crippen LogP contribution in [0.3, 0.4) is 0 Å². The van der Waals surface area contributed by atoms with Gasteiger partial charge >= 0.3 is 5.97 Å². The minimum Gasteiger partial charge on any atom is -0.756 e. The molecule has 76 heavy (non-hydrogen) atoms. The third-order valence-electron chi connectivity index (χ3n) is 12.6. The Morgan fingerprint density at radius 2 is 0.855 bits per heavy atom. The fourth-order valence-electron chi connectivity index (χ4n) is 7.96. The molecule has 0 aliphatic heterocycles. The minimum atomic E-state index is -4.73. The lowest BCUT2D eigenvalue weighted by molar-refractivity contribution is -0.870. The number of carbonyl (C=O) groups excluding carboxylic acids is 2. The Balaban J connectivity index is 5.33. The summed E-state index contributed by atoms with van der Waals surface area (Å²) >= 11 is 0. The Bertz CT molecular complexity index is 1720. The number of hydrogen-bond donors (Lipinski definition) is 1. The van der Waals surface area contributed by atoms with Crippen molar-refractivity contribution in [1.29, 1.82) is 0 Å². The molecule has 0 rings (SSSR count). The zero-order chi connectivity index (χ0) is 55.7. The van der Waals surface area contributed by atoms with Gasteiger partial charge in [-0.1, -0.05) is 233 Å². The lowest BCUT2D eigenvalue weighted by atomic mass is 10.1. The van der Waals surface area contributed by atoms with Crippen molar-refractivity contribution in [2.24, 2.45) is 0 Å². The van der Waals surface area contributed by atoms with Gasteiger partial charge in [0.25, 0.3) is 7.82 Å². The molecule has 0 radical (unpaired) electrons. The highest BCUT2D eigenvalue weighted by Gasteiger charge is 2.27. The van der Waals surface area contributed by atoms with Crippen molar-refractivity contribution in [3.63, 3.8) is 0 Å². The highest BCUT2D eigenvalue weighted by molar-refractivity contribution is 7.45. The van der Waals surface area contributed by atoms with E-state index in [2.05, 4.69) is 123 Å². The molecule has 0 saturated heterocycles. The van der Waals surface area contributed by atoms with Gasteiger partial charge in [0.15, 0.2) is 0 Å². The number of allylic oxidation sites excluding steroid dienone is 19. The van der Waals surface area contributed by atoms with E-state index in [4.69, 9.17) is 13.8 Å². The second kappa shape index (κ2) is 54.8. The van der Waals surface area contributed by atoms with Gasteiger partial charge in [-0.15, -0.1) is 0 Å². The van der Waals surface area contributed by atoms with Crippen LogP contribution in [0.5, 0.6) is 0 Å². The smallest absolute Gasteiger partial charge is 0.306 e. The Morgan fingerprint density at radius 1 is 0.474 bits per heavy atom. The number of phosphoric ester groups is 1. The van der Waals surface area contributed by atoms with Crippen LogP contribution in [-0.4, -0.2) is 69.4 Å². The Hall–Kier alpha value is -3.59. The van der Waals surface area contributed by atoms with Crippen LogP contribution in [0.1, 0.15) is 233 Å². The Kier molecular flexibility index (Phi) is 52.2. The average Bonchev–Trinajstić information content (AvgIpc) is 3.38. The normalized spacial score (nSPS) is 14.6. The largest absolute Gasteiger partial charge is 0.756 e. The fourth-order valence-corrected chi connectivity index (χ4v) is 8.68. The lowest BCUT2D eigenvalue weighted by Crippen LogP contribution is -2.47. The summed E-state index contributed by atoms with van der Waals surface area (Å²) in [6.45, 7) is 6.61. The number of unbranched alkanes of at least 4 members (excludes halogenated alkanes) is 19. The third-order valence-corrected chi connectivity index (χ3v) is 13.6. The maximum atomic E-state index is 13.5. The zero-order valence-corrected chi connectivity index (χ0v) is 50.3. The standard InChI is InChI=1S/C66H113N2O7P/c1-7-10-13-16-19-22-25-27-29-31-32-33-34-35-36-37-39-41-44-47-50-53-56-59-66(70)75-64(57-54-51-48-45-42-24-21-18-15-12-9-3)63(62-74-76(71,72)73-61-60-68(4,5)6)67-65(69)58-55-52-49-46-43-40-38-30-28-26-23-20-17-14-11-8-2/h11,14,19-20,22-23,27-30,32-33,35-36,40,43,49,52,54,57,63-64H,7-10,12-13,15-18,21,24-26,31,34,37-39,41-42,44-48,50-51,53,55-56,58-62H2,1-6H3,(H-,67,69,71,72)/b14-11+,22-19-,23-20+,29-27-,30-28+,33-32-,36-35-,43-40+,52-49+,57-54-. The summed E-state index contributed by atoms with van der Waals surface area (Å²) in [6.07, 6.45) is 76.1. The van der Waals surface area contributed by atoms with E-state index in [1.54, 1.807) is 6.08 Å². The van der Waals surface area contributed by atoms with E-state index in [1.165, 1.54) is 89.9 Å². The molecule has 0 aliphatic carbocycles. The SMILES string of the molecule is CC/C=C/C/C=C/C/C=C/C/C=C/C/C=C/CCC(=O)NC(COP(=O)([O-])OCC[N+](C)(C)C)C(/C=C\CCCCCCCCCCC)OC(=O)CCCCCCCCC/C=C\C/C=C\C/C=C\C/C=C\CCCCC. The molecule has 0 aromatic carbocycles. The molecule has 10 heteroatoms. The van der Waals surface area contributed by atoms with E-state index in [1.807, 2.05) is 39.4 Å². The second-order valence-electron chi connectivity index (χ2n) is 21.1. The number of quaternary nitrogens is 1. The summed E-state index contributed by atoms with van der Waals surface area (Å²) in [6, 6.07) is -0.940. The van der Waals surface area contributed by atoms with Gasteiger partial charge in [-0.25, -0.2) is 0 Å². The Morgan fingerprint density at radius 3 is 1.32 bits per heavy atom. The van der Waals surface area contributed by atoms with Crippen molar-refractivity contribution in [3.8, 4) is 0 Å². The first kappa shape index (κ1) is 72.4. The van der Waals surface area contributed by atoms with Crippen LogP contribution in [0.2, 0.25) is 0 Å². The maximum absolute atomic E-state index is 13.5. The predicted octanol–water partition coefficient (Wildman–Crippen LogP) is 18.1. The van der Waals surface area contributed by atoms with Gasteiger partial charge in [0.2, 0.25) is 5.91 Å². The number of amides is 1. The summed E-state index contributed by atoms with van der Waals surface area (Å²) in [5, 5.41) is 2.97. The highest BCUT2D eigenvalue weighted by atomic mass is 31.2. The molecule has 3 atom stereocenters. The molecule has 0 bridgehead atoms. The van der Waals surface area contributed by atoms with Crippen LogP contribution >= 0.6 is 7.82 Å². The minimum absolute atomic E-state index is 0.0439. The van der Waals surface area contributed by atoms with Gasteiger partial charge in [0, 0.05) is 12.8 Å².